The Morgan fingerprint density at radius 2 is 1.53 bits per heavy atom. The highest BCUT2D eigenvalue weighted by Gasteiger charge is 2.09. The molecule has 0 aliphatic heterocycles. The van der Waals surface area contributed by atoms with E-state index < -0.39 is 0 Å². The zero-order valence-electron chi connectivity index (χ0n) is 11.7. The average Bonchev–Trinajstić information content (AvgIpc) is 2.39. The van der Waals surface area contributed by atoms with Crippen molar-refractivity contribution in [3.63, 3.8) is 0 Å². The summed E-state index contributed by atoms with van der Waals surface area (Å²) >= 11 is 0. The lowest BCUT2D eigenvalue weighted by Crippen LogP contribution is -3.00. The lowest BCUT2D eigenvalue weighted by Gasteiger charge is -1.99. The van der Waals surface area contributed by atoms with Crippen LogP contribution in [0.1, 0.15) is 58.3 Å². The van der Waals surface area contributed by atoms with E-state index in [1.54, 1.807) is 12.4 Å². The SMILES string of the molecule is CCCCCCCCCC(=O)O[n+]1ccccc1.[Cl-]. The fourth-order valence-corrected chi connectivity index (χ4v) is 1.83. The number of aromatic nitrogens is 1. The summed E-state index contributed by atoms with van der Waals surface area (Å²) in [5.74, 6) is -0.153. The highest BCUT2D eigenvalue weighted by molar-refractivity contribution is 5.68. The van der Waals surface area contributed by atoms with Gasteiger partial charge in [0, 0.05) is 16.9 Å². The van der Waals surface area contributed by atoms with E-state index in [4.69, 9.17) is 4.84 Å². The molecule has 0 bridgehead atoms. The molecular weight excluding hydrogens is 262 g/mol. The lowest BCUT2D eigenvalue weighted by atomic mass is 10.1. The van der Waals surface area contributed by atoms with Crippen LogP contribution in [0.25, 0.3) is 0 Å². The van der Waals surface area contributed by atoms with Gasteiger partial charge in [-0.2, -0.15) is 4.84 Å². The van der Waals surface area contributed by atoms with Gasteiger partial charge in [-0.15, -0.1) is 0 Å². The molecule has 3 nitrogen and oxygen atoms in total. The third-order valence-electron chi connectivity index (χ3n) is 2.88. The Labute approximate surface area is 122 Å². The van der Waals surface area contributed by atoms with Gasteiger partial charge >= 0.3 is 5.97 Å². The Kier molecular flexibility index (Phi) is 11.3. The molecule has 0 fully saturated rings. The zero-order chi connectivity index (χ0) is 13.1. The number of unbranched alkanes of at least 4 members (excludes halogenated alkanes) is 6. The molecular formula is C15H24ClNO2. The lowest BCUT2D eigenvalue weighted by molar-refractivity contribution is -0.869. The summed E-state index contributed by atoms with van der Waals surface area (Å²) in [5.41, 5.74) is 0. The van der Waals surface area contributed by atoms with E-state index in [0.717, 1.165) is 12.8 Å². The van der Waals surface area contributed by atoms with Gasteiger partial charge in [0.2, 0.25) is 12.4 Å². The van der Waals surface area contributed by atoms with Crippen molar-refractivity contribution >= 4 is 5.97 Å². The number of carbonyl (C=O) groups is 1. The summed E-state index contributed by atoms with van der Waals surface area (Å²) in [4.78, 5) is 16.6. The van der Waals surface area contributed by atoms with Crippen LogP contribution >= 0.6 is 0 Å². The maximum absolute atomic E-state index is 11.5. The molecule has 0 spiro atoms. The molecule has 0 amide bonds. The average molecular weight is 286 g/mol. The Bertz CT molecular complexity index is 330. The summed E-state index contributed by atoms with van der Waals surface area (Å²) in [6.45, 7) is 2.22. The minimum absolute atomic E-state index is 0. The first-order valence-corrected chi connectivity index (χ1v) is 7.00. The van der Waals surface area contributed by atoms with Crippen molar-refractivity contribution in [2.45, 2.75) is 58.3 Å². The molecule has 108 valence electrons. The Balaban J connectivity index is 0.00000324. The third-order valence-corrected chi connectivity index (χ3v) is 2.88. The first kappa shape index (κ1) is 17.9. The van der Waals surface area contributed by atoms with E-state index in [0.29, 0.717) is 6.42 Å². The molecule has 0 unspecified atom stereocenters. The fourth-order valence-electron chi connectivity index (χ4n) is 1.83. The van der Waals surface area contributed by atoms with Crippen LogP contribution in [0.2, 0.25) is 0 Å². The minimum atomic E-state index is -0.153. The van der Waals surface area contributed by atoms with Crippen molar-refractivity contribution < 1.29 is 26.8 Å². The van der Waals surface area contributed by atoms with Crippen molar-refractivity contribution in [2.75, 3.05) is 0 Å². The van der Waals surface area contributed by atoms with Gasteiger partial charge < -0.3 is 12.4 Å². The maximum Gasteiger partial charge on any atom is 0.380 e. The summed E-state index contributed by atoms with van der Waals surface area (Å²) < 4.78 is 1.45. The number of carbonyl (C=O) groups excluding carboxylic acids is 1. The van der Waals surface area contributed by atoms with E-state index in [1.807, 2.05) is 18.2 Å². The van der Waals surface area contributed by atoms with Crippen LogP contribution in [0, 0.1) is 0 Å². The van der Waals surface area contributed by atoms with Crippen molar-refractivity contribution in [3.8, 4) is 0 Å². The number of hydrogen-bond donors (Lipinski definition) is 0. The normalized spacial score (nSPS) is 9.74. The first-order valence-electron chi connectivity index (χ1n) is 7.00. The number of pyridine rings is 1. The highest BCUT2D eigenvalue weighted by atomic mass is 35.5. The highest BCUT2D eigenvalue weighted by Crippen LogP contribution is 2.08. The molecule has 1 rings (SSSR count). The Morgan fingerprint density at radius 1 is 0.947 bits per heavy atom. The van der Waals surface area contributed by atoms with Crippen molar-refractivity contribution in [1.29, 1.82) is 0 Å². The molecule has 0 saturated heterocycles. The predicted molar refractivity (Wildman–Crippen MR) is 70.8 cm³/mol. The number of rotatable bonds is 9. The number of hydrogen-bond acceptors (Lipinski definition) is 2. The molecule has 4 heteroatoms. The summed E-state index contributed by atoms with van der Waals surface area (Å²) in [7, 11) is 0. The molecule has 0 saturated carbocycles. The van der Waals surface area contributed by atoms with Crippen molar-refractivity contribution in [2.24, 2.45) is 0 Å². The van der Waals surface area contributed by atoms with Gasteiger partial charge in [-0.1, -0.05) is 51.5 Å². The largest absolute Gasteiger partial charge is 1.00 e. The standard InChI is InChI=1S/C15H24NO2.ClH/c1-2-3-4-5-6-7-9-12-15(17)18-16-13-10-8-11-14-16;/h8,10-11,13-14H,2-7,9,12H2,1H3;1H/q+1;/p-1. The fraction of sp³-hybridized carbons (Fsp3) is 0.600. The van der Waals surface area contributed by atoms with Gasteiger partial charge in [0.25, 0.3) is 0 Å². The van der Waals surface area contributed by atoms with Crippen LogP contribution in [-0.4, -0.2) is 5.97 Å². The third kappa shape index (κ3) is 9.48. The van der Waals surface area contributed by atoms with Crippen molar-refractivity contribution in [1.82, 2.24) is 0 Å². The Hall–Kier alpha value is -1.09. The molecule has 0 aromatic carbocycles. The molecule has 0 radical (unpaired) electrons. The van der Waals surface area contributed by atoms with Crippen LogP contribution in [0.3, 0.4) is 0 Å². The van der Waals surface area contributed by atoms with Crippen LogP contribution in [0.5, 0.6) is 0 Å². The van der Waals surface area contributed by atoms with Crippen LogP contribution in [-0.2, 0) is 4.79 Å². The first-order chi connectivity index (χ1) is 8.83. The van der Waals surface area contributed by atoms with Crippen molar-refractivity contribution in [3.05, 3.63) is 30.6 Å². The van der Waals surface area contributed by atoms with Crippen LogP contribution < -0.4 is 22.0 Å². The van der Waals surface area contributed by atoms with Crippen LogP contribution in [0.4, 0.5) is 0 Å². The van der Waals surface area contributed by atoms with Crippen LogP contribution in [0.15, 0.2) is 30.6 Å². The number of halogens is 1. The van der Waals surface area contributed by atoms with E-state index in [-0.39, 0.29) is 18.4 Å². The second-order valence-corrected chi connectivity index (χ2v) is 4.57. The molecule has 19 heavy (non-hydrogen) atoms. The monoisotopic (exact) mass is 285 g/mol. The van der Waals surface area contributed by atoms with Gasteiger partial charge in [0.1, 0.15) is 0 Å². The zero-order valence-corrected chi connectivity index (χ0v) is 12.4. The molecule has 1 aromatic rings. The quantitative estimate of drug-likeness (QED) is 0.475. The predicted octanol–water partition coefficient (Wildman–Crippen LogP) is 0.0740. The second kappa shape index (κ2) is 12.0. The van der Waals surface area contributed by atoms with E-state index in [2.05, 4.69) is 6.92 Å². The summed E-state index contributed by atoms with van der Waals surface area (Å²) in [6, 6.07) is 5.56. The number of nitrogens with zero attached hydrogens (tertiary/aromatic N) is 1. The topological polar surface area (TPSA) is 30.2 Å². The van der Waals surface area contributed by atoms with E-state index in [9.17, 15) is 4.79 Å². The van der Waals surface area contributed by atoms with Gasteiger partial charge in [-0.3, -0.25) is 0 Å². The molecule has 0 atom stereocenters. The van der Waals surface area contributed by atoms with Gasteiger partial charge in [-0.05, 0) is 6.42 Å². The van der Waals surface area contributed by atoms with E-state index in [1.165, 1.54) is 36.8 Å². The van der Waals surface area contributed by atoms with Gasteiger partial charge in [-0.25, -0.2) is 4.79 Å². The summed E-state index contributed by atoms with van der Waals surface area (Å²) in [5, 5.41) is 0. The minimum Gasteiger partial charge on any atom is -1.00 e. The maximum atomic E-state index is 11.5. The molecule has 1 heterocycles. The Morgan fingerprint density at radius 3 is 2.16 bits per heavy atom. The molecule has 0 aliphatic carbocycles. The smallest absolute Gasteiger partial charge is 0.380 e. The van der Waals surface area contributed by atoms with Gasteiger partial charge in [0.05, 0.1) is 6.42 Å². The van der Waals surface area contributed by atoms with E-state index >= 15 is 0 Å². The second-order valence-electron chi connectivity index (χ2n) is 4.57. The molecule has 0 aliphatic rings. The van der Waals surface area contributed by atoms with Gasteiger partial charge in [0.15, 0.2) is 0 Å². The summed E-state index contributed by atoms with van der Waals surface area (Å²) in [6.07, 6.45) is 12.5. The molecule has 1 aromatic heterocycles. The molecule has 0 N–H and O–H groups in total.